The largest absolute Gasteiger partial charge is 0.597 e. The third kappa shape index (κ3) is 8.01. The maximum atomic E-state index is 14.4. The van der Waals surface area contributed by atoms with Crippen LogP contribution < -0.4 is 25.2 Å². The second kappa shape index (κ2) is 15.9. The number of carbonyl (C=O) groups excluding carboxylic acids is 1. The van der Waals surface area contributed by atoms with Gasteiger partial charge in [0, 0.05) is 40.1 Å². The average Bonchev–Trinajstić information content (AvgIpc) is 3.79. The Bertz CT molecular complexity index is 2120. The normalized spacial score (nSPS) is 16.2. The van der Waals surface area contributed by atoms with Gasteiger partial charge in [-0.15, -0.1) is 4.31 Å². The number of ether oxygens (including phenoxy) is 2. The fourth-order valence-electron chi connectivity index (χ4n) is 7.73. The maximum absolute atomic E-state index is 14.4. The number of nitrogens with one attached hydrogen (secondary N) is 1. The first-order valence-corrected chi connectivity index (χ1v) is 22.5. The van der Waals surface area contributed by atoms with Crippen molar-refractivity contribution in [3.63, 3.8) is 0 Å². The lowest BCUT2D eigenvalue weighted by molar-refractivity contribution is 0.0945. The van der Waals surface area contributed by atoms with E-state index >= 15 is 0 Å². The van der Waals surface area contributed by atoms with Gasteiger partial charge in [0.2, 0.25) is 6.79 Å². The van der Waals surface area contributed by atoms with Gasteiger partial charge in [-0.05, 0) is 84.1 Å². The predicted molar refractivity (Wildman–Crippen MR) is 225 cm³/mol. The number of benzene rings is 4. The molecular formula is C44H48BrN3O5SSi. The predicted octanol–water partition coefficient (Wildman–Crippen LogP) is 8.46. The summed E-state index contributed by atoms with van der Waals surface area (Å²) in [5, 5.41) is 5.29. The van der Waals surface area contributed by atoms with E-state index in [4.69, 9.17) is 18.9 Å². The third-order valence-electron chi connectivity index (χ3n) is 10.2. The monoisotopic (exact) mass is 837 g/mol. The van der Waals surface area contributed by atoms with Crippen LogP contribution in [-0.4, -0.2) is 46.2 Å². The molecule has 0 bridgehead atoms. The Hall–Kier alpha value is -3.97. The summed E-state index contributed by atoms with van der Waals surface area (Å²) in [5.41, 5.74) is 4.69. The van der Waals surface area contributed by atoms with Gasteiger partial charge in [0.1, 0.15) is 10.4 Å². The summed E-state index contributed by atoms with van der Waals surface area (Å²) in [6.45, 7) is 14.2. The van der Waals surface area contributed by atoms with Crippen molar-refractivity contribution in [3.05, 3.63) is 136 Å². The first-order valence-electron chi connectivity index (χ1n) is 18.7. The van der Waals surface area contributed by atoms with Crippen molar-refractivity contribution in [3.8, 4) is 22.8 Å². The summed E-state index contributed by atoms with van der Waals surface area (Å²) >= 11 is 2.29. The highest BCUT2D eigenvalue weighted by Gasteiger charge is 2.51. The number of rotatable bonds is 11. The Kier molecular flexibility index (Phi) is 11.3. The van der Waals surface area contributed by atoms with Crippen molar-refractivity contribution in [2.75, 3.05) is 13.4 Å². The molecule has 0 fully saturated rings. The van der Waals surface area contributed by atoms with E-state index in [1.165, 1.54) is 10.4 Å². The number of aromatic nitrogens is 1. The van der Waals surface area contributed by atoms with E-state index < -0.39 is 24.4 Å². The molecule has 0 aliphatic carbocycles. The Balaban J connectivity index is 1.27. The standard InChI is InChI=1S/C44H48BrN3O5SSi/c1-43(2,3)54(50)48-28-32-26-36(42(49)46-27-30-20-21-38-39(24-30)52-29-51-38)47-41(31-14-13-15-33(45)25-31)40(32)37(48)22-23-53-55(44(4,5)6,34-16-9-7-10-17-34)35-18-11-8-12-19-35/h7-21,24-26,37H,22-23,27-29H2,1-6H3,(H,46,49). The molecule has 1 N–H and O–H groups in total. The van der Waals surface area contributed by atoms with Gasteiger partial charge < -0.3 is 23.8 Å². The molecule has 2 aliphatic rings. The summed E-state index contributed by atoms with van der Waals surface area (Å²) in [7, 11) is -2.83. The smallest absolute Gasteiger partial charge is 0.270 e. The first-order chi connectivity index (χ1) is 26.3. The number of pyridine rings is 1. The highest BCUT2D eigenvalue weighted by atomic mass is 79.9. The second-order valence-corrected chi connectivity index (χ2v) is 23.5. The molecular weight excluding hydrogens is 791 g/mol. The van der Waals surface area contributed by atoms with Crippen molar-refractivity contribution in [1.29, 1.82) is 0 Å². The quantitative estimate of drug-likeness (QED) is 0.105. The Morgan fingerprint density at radius 2 is 1.58 bits per heavy atom. The lowest BCUT2D eigenvalue weighted by Gasteiger charge is -2.43. The van der Waals surface area contributed by atoms with Crippen molar-refractivity contribution in [2.24, 2.45) is 0 Å². The second-order valence-electron chi connectivity index (χ2n) is 16.1. The van der Waals surface area contributed by atoms with Gasteiger partial charge in [-0.1, -0.05) is 116 Å². The molecule has 1 aromatic heterocycles. The average molecular weight is 839 g/mol. The van der Waals surface area contributed by atoms with E-state index in [0.717, 1.165) is 26.7 Å². The molecule has 3 heterocycles. The molecule has 4 aromatic carbocycles. The van der Waals surface area contributed by atoms with Gasteiger partial charge in [-0.25, -0.2) is 4.98 Å². The van der Waals surface area contributed by atoms with Crippen LogP contribution in [0.5, 0.6) is 11.5 Å². The van der Waals surface area contributed by atoms with Crippen LogP contribution in [0.4, 0.5) is 0 Å². The first kappa shape index (κ1) is 39.3. The van der Waals surface area contributed by atoms with Crippen LogP contribution in [0.2, 0.25) is 5.04 Å². The van der Waals surface area contributed by atoms with E-state index in [1.54, 1.807) is 0 Å². The van der Waals surface area contributed by atoms with Crippen LogP contribution in [0.15, 0.2) is 114 Å². The Morgan fingerprint density at radius 1 is 0.909 bits per heavy atom. The molecule has 0 saturated heterocycles. The van der Waals surface area contributed by atoms with E-state index in [0.29, 0.717) is 49.0 Å². The molecule has 0 saturated carbocycles. The molecule has 2 aliphatic heterocycles. The molecule has 0 spiro atoms. The molecule has 2 unspecified atom stereocenters. The van der Waals surface area contributed by atoms with Gasteiger partial charge in [-0.3, -0.25) is 4.79 Å². The van der Waals surface area contributed by atoms with Crippen molar-refractivity contribution in [1.82, 2.24) is 14.6 Å². The molecule has 7 rings (SSSR count). The van der Waals surface area contributed by atoms with Gasteiger partial charge in [0.15, 0.2) is 11.5 Å². The number of hydrogen-bond acceptors (Lipinski definition) is 7. The van der Waals surface area contributed by atoms with E-state index in [9.17, 15) is 9.35 Å². The zero-order chi connectivity index (χ0) is 39.0. The van der Waals surface area contributed by atoms with Crippen LogP contribution >= 0.6 is 15.9 Å². The van der Waals surface area contributed by atoms with E-state index in [1.807, 2.05) is 81.4 Å². The van der Waals surface area contributed by atoms with Gasteiger partial charge in [-0.2, -0.15) is 0 Å². The van der Waals surface area contributed by atoms with Crippen LogP contribution in [0.25, 0.3) is 11.3 Å². The summed E-state index contributed by atoms with van der Waals surface area (Å²) in [6.07, 6.45) is 0.581. The van der Waals surface area contributed by atoms with E-state index in [-0.39, 0.29) is 23.8 Å². The number of hydrogen-bond donors (Lipinski definition) is 1. The van der Waals surface area contributed by atoms with Crippen LogP contribution in [0.3, 0.4) is 0 Å². The van der Waals surface area contributed by atoms with Crippen molar-refractivity contribution < 1.29 is 23.2 Å². The summed E-state index contributed by atoms with van der Waals surface area (Å²) < 4.78 is 35.3. The minimum Gasteiger partial charge on any atom is -0.597 e. The summed E-state index contributed by atoms with van der Waals surface area (Å²) in [6, 6.07) is 36.5. The van der Waals surface area contributed by atoms with Crippen molar-refractivity contribution in [2.45, 2.75) is 76.9 Å². The zero-order valence-corrected chi connectivity index (χ0v) is 35.6. The molecule has 5 aromatic rings. The van der Waals surface area contributed by atoms with Crippen LogP contribution in [0, 0.1) is 0 Å². The van der Waals surface area contributed by atoms with E-state index in [2.05, 4.69) is 94.9 Å². The highest BCUT2D eigenvalue weighted by Crippen LogP contribution is 2.46. The maximum Gasteiger partial charge on any atom is 0.270 e. The van der Waals surface area contributed by atoms with Crippen LogP contribution in [-0.2, 0) is 28.9 Å². The third-order valence-corrected chi connectivity index (χ3v) is 17.6. The molecule has 55 heavy (non-hydrogen) atoms. The topological polar surface area (TPSA) is 96.0 Å². The van der Waals surface area contributed by atoms with Crippen molar-refractivity contribution >= 4 is 51.9 Å². The van der Waals surface area contributed by atoms with Gasteiger partial charge >= 0.3 is 0 Å². The number of fused-ring (bicyclic) bond motifs is 2. The number of halogens is 1. The summed E-state index contributed by atoms with van der Waals surface area (Å²) in [5.74, 6) is 1.06. The molecule has 8 nitrogen and oxygen atoms in total. The molecule has 286 valence electrons. The summed E-state index contributed by atoms with van der Waals surface area (Å²) in [4.78, 5) is 19.0. The molecule has 11 heteroatoms. The Morgan fingerprint density at radius 3 is 2.22 bits per heavy atom. The SMILES string of the molecule is CC(C)(C)[S+]([O-])N1Cc2cc(C(=O)NCc3ccc4c(c3)OCO4)nc(-c3cccc(Br)c3)c2C1CCO[Si](c1ccccc1)(c1ccccc1)C(C)(C)C. The lowest BCUT2D eigenvalue weighted by atomic mass is 9.96. The lowest BCUT2D eigenvalue weighted by Crippen LogP contribution is -2.66. The highest BCUT2D eigenvalue weighted by molar-refractivity contribution is 9.10. The fraction of sp³-hybridized carbons (Fsp3) is 0.318. The van der Waals surface area contributed by atoms with Gasteiger partial charge in [0.05, 0.1) is 18.3 Å². The van der Waals surface area contributed by atoms with Crippen LogP contribution in [0.1, 0.15) is 81.2 Å². The fourth-order valence-corrected chi connectivity index (χ4v) is 14.1. The number of nitrogens with zero attached hydrogens (tertiary/aromatic N) is 2. The number of carbonyl (C=O) groups is 1. The zero-order valence-electron chi connectivity index (χ0n) is 32.2. The minimum atomic E-state index is -2.83. The number of amides is 1. The minimum absolute atomic E-state index is 0.187. The Labute approximate surface area is 337 Å². The van der Waals surface area contributed by atoms with Gasteiger partial charge in [0.25, 0.3) is 14.2 Å². The molecule has 1 amide bonds. The molecule has 0 radical (unpaired) electrons. The molecule has 2 atom stereocenters.